The molecule has 2 N–H and O–H groups in total. The van der Waals surface area contributed by atoms with Crippen LogP contribution < -0.4 is 10.0 Å². The fraction of sp³-hybridized carbons (Fsp3) is 0.188. The molecule has 0 fully saturated rings. The van der Waals surface area contributed by atoms with E-state index in [-0.39, 0.29) is 17.9 Å². The molecule has 7 heteroatoms. The summed E-state index contributed by atoms with van der Waals surface area (Å²) >= 11 is 3.31. The van der Waals surface area contributed by atoms with Crippen molar-refractivity contribution < 1.29 is 13.2 Å². The van der Waals surface area contributed by atoms with Crippen molar-refractivity contribution in [2.75, 3.05) is 10.8 Å². The Kier molecular flexibility index (Phi) is 5.43. The van der Waals surface area contributed by atoms with E-state index >= 15 is 0 Å². The largest absolute Gasteiger partial charge is 0.370 e. The molecule has 0 unspecified atom stereocenters. The number of carbonyl (C=O) groups excluding carboxylic acids is 1. The van der Waals surface area contributed by atoms with Crippen LogP contribution in [0.25, 0.3) is 0 Å². The van der Waals surface area contributed by atoms with E-state index in [9.17, 15) is 13.2 Å². The Morgan fingerprint density at radius 3 is 2.39 bits per heavy atom. The summed E-state index contributed by atoms with van der Waals surface area (Å²) in [6, 6.07) is 13.7. The zero-order valence-electron chi connectivity index (χ0n) is 12.6. The van der Waals surface area contributed by atoms with Crippen LogP contribution in [0.4, 0.5) is 5.69 Å². The van der Waals surface area contributed by atoms with Gasteiger partial charge in [0, 0.05) is 17.4 Å². The predicted octanol–water partition coefficient (Wildman–Crippen LogP) is 2.83. The minimum absolute atomic E-state index is 0.0119. The van der Waals surface area contributed by atoms with Crippen LogP contribution in [0.5, 0.6) is 0 Å². The molecule has 1 amide bonds. The molecule has 0 radical (unpaired) electrons. The van der Waals surface area contributed by atoms with Crippen molar-refractivity contribution in [3.63, 3.8) is 0 Å². The first-order valence-corrected chi connectivity index (χ1v) is 9.18. The molecule has 0 atom stereocenters. The van der Waals surface area contributed by atoms with E-state index < -0.39 is 15.9 Å². The Hall–Kier alpha value is -1.86. The Morgan fingerprint density at radius 2 is 1.83 bits per heavy atom. The second kappa shape index (κ2) is 7.14. The van der Waals surface area contributed by atoms with E-state index in [0.29, 0.717) is 10.2 Å². The molecule has 0 aromatic heterocycles. The topological polar surface area (TPSA) is 80.5 Å². The molecule has 0 saturated heterocycles. The molecule has 0 heterocycles. The van der Waals surface area contributed by atoms with Gasteiger partial charge in [0.2, 0.25) is 5.91 Å². The number of para-hydroxylation sites is 1. The standard InChI is InChI=1S/C16H17BrN2O3S/c1-12-7-8-15(14(17)11-12)23(21,22)19(10-9-16(18)20)13-5-3-2-4-6-13/h2-8,11H,9-10H2,1H3,(H2,18,20). The number of sulfonamides is 1. The van der Waals surface area contributed by atoms with Gasteiger partial charge in [-0.3, -0.25) is 9.10 Å². The van der Waals surface area contributed by atoms with Gasteiger partial charge in [0.1, 0.15) is 4.90 Å². The highest BCUT2D eigenvalue weighted by Crippen LogP contribution is 2.29. The number of carbonyl (C=O) groups is 1. The van der Waals surface area contributed by atoms with Gasteiger partial charge in [-0.2, -0.15) is 0 Å². The highest BCUT2D eigenvalue weighted by Gasteiger charge is 2.27. The number of nitrogens with zero attached hydrogens (tertiary/aromatic N) is 1. The van der Waals surface area contributed by atoms with Gasteiger partial charge in [-0.05, 0) is 52.7 Å². The smallest absolute Gasteiger partial charge is 0.265 e. The van der Waals surface area contributed by atoms with Crippen molar-refractivity contribution in [2.45, 2.75) is 18.2 Å². The van der Waals surface area contributed by atoms with Crippen molar-refractivity contribution in [1.29, 1.82) is 0 Å². The van der Waals surface area contributed by atoms with Gasteiger partial charge < -0.3 is 5.73 Å². The number of rotatable bonds is 6. The molecule has 2 aromatic rings. The molecular weight excluding hydrogens is 380 g/mol. The van der Waals surface area contributed by atoms with Crippen LogP contribution >= 0.6 is 15.9 Å². The lowest BCUT2D eigenvalue weighted by molar-refractivity contribution is -0.117. The number of aryl methyl sites for hydroxylation is 1. The Balaban J connectivity index is 2.50. The SMILES string of the molecule is Cc1ccc(S(=O)(=O)N(CCC(N)=O)c2ccccc2)c(Br)c1. The van der Waals surface area contributed by atoms with E-state index in [1.807, 2.05) is 6.92 Å². The van der Waals surface area contributed by atoms with Crippen molar-refractivity contribution in [3.8, 4) is 0 Å². The second-order valence-electron chi connectivity index (χ2n) is 5.06. The van der Waals surface area contributed by atoms with Gasteiger partial charge in [0.15, 0.2) is 0 Å². The number of benzene rings is 2. The number of hydrogen-bond acceptors (Lipinski definition) is 3. The quantitative estimate of drug-likeness (QED) is 0.814. The molecule has 2 rings (SSSR count). The molecular formula is C16H17BrN2O3S. The fourth-order valence-corrected chi connectivity index (χ4v) is 4.75. The van der Waals surface area contributed by atoms with Gasteiger partial charge >= 0.3 is 0 Å². The molecule has 122 valence electrons. The minimum atomic E-state index is -3.82. The fourth-order valence-electron chi connectivity index (χ4n) is 2.13. The number of hydrogen-bond donors (Lipinski definition) is 1. The van der Waals surface area contributed by atoms with E-state index in [0.717, 1.165) is 5.56 Å². The summed E-state index contributed by atoms with van der Waals surface area (Å²) in [6.07, 6.45) is -0.0579. The first-order valence-electron chi connectivity index (χ1n) is 6.94. The molecule has 0 aliphatic rings. The summed E-state index contributed by atoms with van der Waals surface area (Å²) in [5.41, 5.74) is 6.61. The van der Waals surface area contributed by atoms with Crippen LogP contribution in [-0.4, -0.2) is 20.9 Å². The molecule has 0 aliphatic heterocycles. The summed E-state index contributed by atoms with van der Waals surface area (Å²) in [6.45, 7) is 1.87. The van der Waals surface area contributed by atoms with Crippen LogP contribution in [0.15, 0.2) is 57.9 Å². The van der Waals surface area contributed by atoms with Crippen LogP contribution in [0.1, 0.15) is 12.0 Å². The molecule has 23 heavy (non-hydrogen) atoms. The van der Waals surface area contributed by atoms with Crippen LogP contribution in [0.3, 0.4) is 0 Å². The third-order valence-electron chi connectivity index (χ3n) is 3.26. The van der Waals surface area contributed by atoms with E-state index in [4.69, 9.17) is 5.73 Å². The average molecular weight is 397 g/mol. The molecule has 0 bridgehead atoms. The number of anilines is 1. The molecule has 0 saturated carbocycles. The zero-order chi connectivity index (χ0) is 17.0. The number of primary amides is 1. The molecule has 2 aromatic carbocycles. The van der Waals surface area contributed by atoms with Crippen LogP contribution in [-0.2, 0) is 14.8 Å². The average Bonchev–Trinajstić information content (AvgIpc) is 2.47. The van der Waals surface area contributed by atoms with Gasteiger partial charge in [-0.25, -0.2) is 8.42 Å². The lowest BCUT2D eigenvalue weighted by Gasteiger charge is -2.24. The number of nitrogens with two attached hydrogens (primary N) is 1. The maximum absolute atomic E-state index is 13.0. The lowest BCUT2D eigenvalue weighted by atomic mass is 10.2. The normalized spacial score (nSPS) is 11.2. The van der Waals surface area contributed by atoms with E-state index in [2.05, 4.69) is 15.9 Å². The molecule has 0 aliphatic carbocycles. The minimum Gasteiger partial charge on any atom is -0.370 e. The van der Waals surface area contributed by atoms with Crippen molar-refractivity contribution >= 4 is 37.5 Å². The highest BCUT2D eigenvalue weighted by atomic mass is 79.9. The van der Waals surface area contributed by atoms with Gasteiger partial charge in [-0.1, -0.05) is 24.3 Å². The Labute approximate surface area is 144 Å². The van der Waals surface area contributed by atoms with Crippen molar-refractivity contribution in [1.82, 2.24) is 0 Å². The van der Waals surface area contributed by atoms with Gasteiger partial charge in [0.25, 0.3) is 10.0 Å². The number of halogens is 1. The summed E-state index contributed by atoms with van der Waals surface area (Å²) < 4.78 is 27.7. The molecule has 5 nitrogen and oxygen atoms in total. The van der Waals surface area contributed by atoms with E-state index in [1.165, 1.54) is 4.31 Å². The third kappa shape index (κ3) is 4.11. The molecule has 0 spiro atoms. The summed E-state index contributed by atoms with van der Waals surface area (Å²) in [5.74, 6) is -0.552. The van der Waals surface area contributed by atoms with Gasteiger partial charge in [0.05, 0.1) is 5.69 Å². The lowest BCUT2D eigenvalue weighted by Crippen LogP contribution is -2.34. The zero-order valence-corrected chi connectivity index (χ0v) is 15.0. The summed E-state index contributed by atoms with van der Waals surface area (Å²) in [4.78, 5) is 11.3. The Bertz CT molecular complexity index is 807. The predicted molar refractivity (Wildman–Crippen MR) is 93.7 cm³/mol. The van der Waals surface area contributed by atoms with Crippen LogP contribution in [0, 0.1) is 6.92 Å². The monoisotopic (exact) mass is 396 g/mol. The van der Waals surface area contributed by atoms with Gasteiger partial charge in [-0.15, -0.1) is 0 Å². The number of amides is 1. The third-order valence-corrected chi connectivity index (χ3v) is 6.06. The second-order valence-corrected chi connectivity index (χ2v) is 7.75. The summed E-state index contributed by atoms with van der Waals surface area (Å²) in [7, 11) is -3.82. The first-order chi connectivity index (χ1) is 10.8. The van der Waals surface area contributed by atoms with E-state index in [1.54, 1.807) is 48.5 Å². The maximum Gasteiger partial charge on any atom is 0.265 e. The maximum atomic E-state index is 13.0. The Morgan fingerprint density at radius 1 is 1.17 bits per heavy atom. The highest BCUT2D eigenvalue weighted by molar-refractivity contribution is 9.10. The summed E-state index contributed by atoms with van der Waals surface area (Å²) in [5, 5.41) is 0. The van der Waals surface area contributed by atoms with Crippen molar-refractivity contribution in [2.24, 2.45) is 5.73 Å². The van der Waals surface area contributed by atoms with Crippen molar-refractivity contribution in [3.05, 3.63) is 58.6 Å². The van der Waals surface area contributed by atoms with Crippen LogP contribution in [0.2, 0.25) is 0 Å². The first kappa shape index (κ1) is 17.5.